The number of benzene rings is 1. The maximum Gasteiger partial charge on any atom is 0.189 e. The van der Waals surface area contributed by atoms with Gasteiger partial charge in [0.2, 0.25) is 0 Å². The van der Waals surface area contributed by atoms with E-state index in [2.05, 4.69) is 43.4 Å². The summed E-state index contributed by atoms with van der Waals surface area (Å²) in [7, 11) is 0. The third-order valence-corrected chi connectivity index (χ3v) is 5.58. The molecule has 150 valence electrons. The van der Waals surface area contributed by atoms with Crippen molar-refractivity contribution in [2.75, 3.05) is 0 Å². The first-order valence-electron chi connectivity index (χ1n) is 10.8. The van der Waals surface area contributed by atoms with Crippen molar-refractivity contribution in [3.63, 3.8) is 0 Å². The Bertz CT molecular complexity index is 518. The van der Waals surface area contributed by atoms with E-state index < -0.39 is 0 Å². The van der Waals surface area contributed by atoms with Gasteiger partial charge in [-0.3, -0.25) is 4.79 Å². The largest absolute Gasteiger partial charge is 0.287 e. The summed E-state index contributed by atoms with van der Waals surface area (Å²) in [5.74, 6) is 0.805. The first kappa shape index (κ1) is 23.8. The summed E-state index contributed by atoms with van der Waals surface area (Å²) in [6.07, 6.45) is 23.4. The molecule has 0 amide bonds. The van der Waals surface area contributed by atoms with Crippen molar-refractivity contribution in [1.82, 2.24) is 0 Å². The van der Waals surface area contributed by atoms with Crippen LogP contribution in [-0.4, -0.2) is 5.12 Å². The summed E-state index contributed by atoms with van der Waals surface area (Å²) >= 11 is 1.46. The minimum absolute atomic E-state index is 0.338. The van der Waals surface area contributed by atoms with Crippen LogP contribution >= 0.6 is 11.8 Å². The Balaban J connectivity index is 1.85. The van der Waals surface area contributed by atoms with Crippen LogP contribution in [0.25, 0.3) is 0 Å². The third kappa shape index (κ3) is 15.5. The summed E-state index contributed by atoms with van der Waals surface area (Å²) in [6, 6.07) is 10.2. The zero-order valence-electron chi connectivity index (χ0n) is 17.2. The lowest BCUT2D eigenvalue weighted by Gasteiger charge is -2.02. The topological polar surface area (TPSA) is 17.1 Å². The normalized spacial score (nSPS) is 11.6. The highest BCUT2D eigenvalue weighted by Gasteiger charge is 2.03. The number of thioether (sulfide) groups is 1. The van der Waals surface area contributed by atoms with Crippen molar-refractivity contribution in [2.45, 2.75) is 89.7 Å². The predicted octanol–water partition coefficient (Wildman–Crippen LogP) is 8.26. The van der Waals surface area contributed by atoms with Crippen LogP contribution in [0.1, 0.15) is 89.5 Å². The number of allylic oxidation sites excluding steroid dienone is 4. The molecule has 0 N–H and O–H groups in total. The average molecular weight is 387 g/mol. The Morgan fingerprint density at radius 3 is 2.15 bits per heavy atom. The maximum absolute atomic E-state index is 11.9. The molecule has 0 radical (unpaired) electrons. The number of carbonyl (C=O) groups excluding carboxylic acids is 1. The van der Waals surface area contributed by atoms with E-state index in [9.17, 15) is 4.79 Å². The van der Waals surface area contributed by atoms with Gasteiger partial charge in [0.15, 0.2) is 5.12 Å². The molecule has 0 bridgehead atoms. The fourth-order valence-electron chi connectivity index (χ4n) is 2.89. The van der Waals surface area contributed by atoms with Crippen LogP contribution in [0, 0.1) is 0 Å². The molecule has 0 saturated carbocycles. The molecular formula is C25H38OS. The van der Waals surface area contributed by atoms with E-state index in [1.807, 2.05) is 18.2 Å². The zero-order valence-corrected chi connectivity index (χ0v) is 18.0. The molecule has 1 rings (SSSR count). The number of hydrogen-bond donors (Lipinski definition) is 0. The van der Waals surface area contributed by atoms with Crippen LogP contribution in [-0.2, 0) is 10.5 Å². The van der Waals surface area contributed by atoms with Crippen LogP contribution in [0.5, 0.6) is 0 Å². The quantitative estimate of drug-likeness (QED) is 0.210. The predicted molar refractivity (Wildman–Crippen MR) is 122 cm³/mol. The molecule has 0 spiro atoms. The SMILES string of the molecule is CCCCC/C=C\C/C=C\CCCCCCCC(=O)SCc1ccccc1. The second-order valence-corrected chi connectivity index (χ2v) is 8.16. The Kier molecular flexibility index (Phi) is 15.9. The fourth-order valence-corrected chi connectivity index (χ4v) is 3.70. The van der Waals surface area contributed by atoms with Crippen LogP contribution in [0.2, 0.25) is 0 Å². The van der Waals surface area contributed by atoms with Gasteiger partial charge >= 0.3 is 0 Å². The first-order valence-corrected chi connectivity index (χ1v) is 11.8. The molecule has 0 heterocycles. The fraction of sp³-hybridized carbons (Fsp3) is 0.560. The lowest BCUT2D eigenvalue weighted by Crippen LogP contribution is -1.93. The summed E-state index contributed by atoms with van der Waals surface area (Å²) in [4.78, 5) is 11.9. The minimum atomic E-state index is 0.338. The number of unbranched alkanes of at least 4 members (excludes halogenated alkanes) is 8. The van der Waals surface area contributed by atoms with Crippen LogP contribution in [0.3, 0.4) is 0 Å². The first-order chi connectivity index (χ1) is 13.3. The van der Waals surface area contributed by atoms with Gasteiger partial charge in [-0.05, 0) is 44.1 Å². The number of rotatable bonds is 16. The zero-order chi connectivity index (χ0) is 19.4. The van der Waals surface area contributed by atoms with Gasteiger partial charge < -0.3 is 0 Å². The molecule has 0 aliphatic rings. The van der Waals surface area contributed by atoms with E-state index in [1.54, 1.807) is 0 Å². The molecule has 0 fully saturated rings. The number of hydrogen-bond acceptors (Lipinski definition) is 2. The molecular weight excluding hydrogens is 348 g/mol. The van der Waals surface area contributed by atoms with Gasteiger partial charge in [0.05, 0.1) is 0 Å². The highest BCUT2D eigenvalue weighted by Crippen LogP contribution is 2.17. The van der Waals surface area contributed by atoms with Crippen molar-refractivity contribution in [3.05, 3.63) is 60.2 Å². The summed E-state index contributed by atoms with van der Waals surface area (Å²) < 4.78 is 0. The van der Waals surface area contributed by atoms with E-state index >= 15 is 0 Å². The van der Waals surface area contributed by atoms with Gasteiger partial charge in [0.25, 0.3) is 0 Å². The Labute approximate surface area is 171 Å². The maximum atomic E-state index is 11.9. The lowest BCUT2D eigenvalue weighted by molar-refractivity contribution is -0.111. The molecule has 2 heteroatoms. The Morgan fingerprint density at radius 1 is 0.815 bits per heavy atom. The van der Waals surface area contributed by atoms with Crippen molar-refractivity contribution >= 4 is 16.9 Å². The highest BCUT2D eigenvalue weighted by atomic mass is 32.2. The molecule has 0 aromatic heterocycles. The van der Waals surface area contributed by atoms with E-state index in [0.29, 0.717) is 5.12 Å². The molecule has 0 aliphatic heterocycles. The van der Waals surface area contributed by atoms with E-state index in [1.165, 1.54) is 75.1 Å². The third-order valence-electron chi connectivity index (χ3n) is 4.57. The van der Waals surface area contributed by atoms with Crippen molar-refractivity contribution < 1.29 is 4.79 Å². The lowest BCUT2D eigenvalue weighted by atomic mass is 10.1. The van der Waals surface area contributed by atoms with Gasteiger partial charge in [-0.25, -0.2) is 0 Å². The standard InChI is InChI=1S/C25H38OS/c1-2-3-4-5-6-7-8-9-10-11-12-13-14-15-19-22-25(26)27-23-24-20-17-16-18-21-24/h6-7,9-10,16-18,20-21H,2-5,8,11-15,19,22-23H2,1H3/b7-6-,10-9-. The minimum Gasteiger partial charge on any atom is -0.287 e. The Morgan fingerprint density at radius 2 is 1.44 bits per heavy atom. The molecule has 0 aliphatic carbocycles. The average Bonchev–Trinajstić information content (AvgIpc) is 2.70. The molecule has 0 saturated heterocycles. The van der Waals surface area contributed by atoms with Crippen LogP contribution in [0.4, 0.5) is 0 Å². The van der Waals surface area contributed by atoms with Crippen LogP contribution < -0.4 is 0 Å². The van der Waals surface area contributed by atoms with Crippen molar-refractivity contribution in [2.24, 2.45) is 0 Å². The molecule has 1 aromatic carbocycles. The van der Waals surface area contributed by atoms with Gasteiger partial charge in [0.1, 0.15) is 0 Å². The van der Waals surface area contributed by atoms with Gasteiger partial charge in [-0.1, -0.05) is 105 Å². The van der Waals surface area contributed by atoms with E-state index in [-0.39, 0.29) is 0 Å². The van der Waals surface area contributed by atoms with Gasteiger partial charge in [-0.15, -0.1) is 0 Å². The molecule has 27 heavy (non-hydrogen) atoms. The molecule has 0 atom stereocenters. The molecule has 0 unspecified atom stereocenters. The second-order valence-electron chi connectivity index (χ2n) is 7.13. The Hall–Kier alpha value is -1.28. The smallest absolute Gasteiger partial charge is 0.189 e. The van der Waals surface area contributed by atoms with Crippen LogP contribution in [0.15, 0.2) is 54.6 Å². The van der Waals surface area contributed by atoms with Crippen molar-refractivity contribution in [1.29, 1.82) is 0 Å². The van der Waals surface area contributed by atoms with Crippen molar-refractivity contribution in [3.8, 4) is 0 Å². The number of carbonyl (C=O) groups is 1. The van der Waals surface area contributed by atoms with Gasteiger partial charge in [-0.2, -0.15) is 0 Å². The van der Waals surface area contributed by atoms with Gasteiger partial charge in [0, 0.05) is 12.2 Å². The summed E-state index contributed by atoms with van der Waals surface area (Å²) in [5, 5.41) is 0.338. The second kappa shape index (κ2) is 18.1. The highest BCUT2D eigenvalue weighted by molar-refractivity contribution is 8.12. The van der Waals surface area contributed by atoms with E-state index in [4.69, 9.17) is 0 Å². The molecule has 1 nitrogen and oxygen atoms in total. The molecule has 1 aromatic rings. The summed E-state index contributed by atoms with van der Waals surface area (Å²) in [5.41, 5.74) is 1.23. The summed E-state index contributed by atoms with van der Waals surface area (Å²) in [6.45, 7) is 2.25. The van der Waals surface area contributed by atoms with E-state index in [0.717, 1.165) is 25.0 Å². The monoisotopic (exact) mass is 386 g/mol.